The minimum atomic E-state index is -3.06. The van der Waals surface area contributed by atoms with Crippen molar-refractivity contribution in [2.24, 2.45) is 0 Å². The summed E-state index contributed by atoms with van der Waals surface area (Å²) in [5.74, 6) is -2.50. The SMILES string of the molecule is O=C(O)Cc1c(Cl)cc(F)nc1C(F)F. The molecule has 0 saturated carbocycles. The molecule has 1 heterocycles. The Morgan fingerprint density at radius 2 is 2.20 bits per heavy atom. The third-order valence-electron chi connectivity index (χ3n) is 1.61. The van der Waals surface area contributed by atoms with Crippen molar-refractivity contribution in [2.75, 3.05) is 0 Å². The van der Waals surface area contributed by atoms with Crippen molar-refractivity contribution in [2.45, 2.75) is 12.8 Å². The molecule has 0 aliphatic heterocycles. The fourth-order valence-electron chi connectivity index (χ4n) is 1.04. The van der Waals surface area contributed by atoms with E-state index in [4.69, 9.17) is 16.7 Å². The molecule has 0 aliphatic carbocycles. The number of halogens is 4. The van der Waals surface area contributed by atoms with E-state index in [1.54, 1.807) is 0 Å². The molecule has 0 spiro atoms. The third kappa shape index (κ3) is 2.82. The molecule has 1 rings (SSSR count). The molecule has 1 aromatic heterocycles. The fraction of sp³-hybridized carbons (Fsp3) is 0.250. The highest BCUT2D eigenvalue weighted by atomic mass is 35.5. The van der Waals surface area contributed by atoms with Gasteiger partial charge in [-0.25, -0.2) is 13.8 Å². The van der Waals surface area contributed by atoms with Gasteiger partial charge >= 0.3 is 5.97 Å². The van der Waals surface area contributed by atoms with E-state index in [-0.39, 0.29) is 10.6 Å². The maximum absolute atomic E-state index is 12.6. The molecule has 1 aromatic rings. The molecular weight excluding hydrogens is 235 g/mol. The lowest BCUT2D eigenvalue weighted by molar-refractivity contribution is -0.136. The number of aliphatic carboxylic acids is 1. The lowest BCUT2D eigenvalue weighted by atomic mass is 10.1. The molecular formula is C8H5ClF3NO2. The highest BCUT2D eigenvalue weighted by molar-refractivity contribution is 6.31. The van der Waals surface area contributed by atoms with E-state index in [9.17, 15) is 18.0 Å². The molecule has 0 aliphatic rings. The smallest absolute Gasteiger partial charge is 0.307 e. The maximum Gasteiger partial charge on any atom is 0.307 e. The largest absolute Gasteiger partial charge is 0.481 e. The lowest BCUT2D eigenvalue weighted by Crippen LogP contribution is -2.08. The number of hydrogen-bond acceptors (Lipinski definition) is 2. The van der Waals surface area contributed by atoms with Gasteiger partial charge in [0.1, 0.15) is 5.69 Å². The quantitative estimate of drug-likeness (QED) is 0.824. The molecule has 0 fully saturated rings. The highest BCUT2D eigenvalue weighted by Gasteiger charge is 2.21. The van der Waals surface area contributed by atoms with Crippen LogP contribution in [-0.2, 0) is 11.2 Å². The van der Waals surface area contributed by atoms with Gasteiger partial charge < -0.3 is 5.11 Å². The summed E-state index contributed by atoms with van der Waals surface area (Å²) in [7, 11) is 0. The molecule has 0 aromatic carbocycles. The van der Waals surface area contributed by atoms with Crippen molar-refractivity contribution >= 4 is 17.6 Å². The Bertz CT molecular complexity index is 398. The van der Waals surface area contributed by atoms with Crippen molar-refractivity contribution < 1.29 is 23.1 Å². The summed E-state index contributed by atoms with van der Waals surface area (Å²) >= 11 is 5.45. The van der Waals surface area contributed by atoms with Crippen molar-refractivity contribution in [3.05, 3.63) is 28.3 Å². The number of carboxylic acid groups (broad SMARTS) is 1. The number of rotatable bonds is 3. The van der Waals surface area contributed by atoms with E-state index in [1.807, 2.05) is 0 Å². The number of nitrogens with zero attached hydrogens (tertiary/aromatic N) is 1. The number of hydrogen-bond donors (Lipinski definition) is 1. The maximum atomic E-state index is 12.6. The van der Waals surface area contributed by atoms with Crippen LogP contribution in [0.25, 0.3) is 0 Å². The van der Waals surface area contributed by atoms with Crippen LogP contribution in [0.5, 0.6) is 0 Å². The Labute approximate surface area is 87.5 Å². The summed E-state index contributed by atoms with van der Waals surface area (Å²) in [5.41, 5.74) is -1.29. The van der Waals surface area contributed by atoms with Gasteiger partial charge in [-0.3, -0.25) is 4.79 Å². The first kappa shape index (κ1) is 11.8. The summed E-state index contributed by atoms with van der Waals surface area (Å²) in [6.07, 6.45) is -3.78. The zero-order valence-corrected chi connectivity index (χ0v) is 7.93. The van der Waals surface area contributed by atoms with Gasteiger partial charge in [-0.2, -0.15) is 4.39 Å². The predicted octanol–water partition coefficient (Wildman–Crippen LogP) is 2.44. The average Bonchev–Trinajstić information content (AvgIpc) is 2.08. The monoisotopic (exact) mass is 239 g/mol. The van der Waals surface area contributed by atoms with Gasteiger partial charge in [0.2, 0.25) is 5.95 Å². The van der Waals surface area contributed by atoms with Crippen molar-refractivity contribution in [1.29, 1.82) is 0 Å². The lowest BCUT2D eigenvalue weighted by Gasteiger charge is -2.07. The van der Waals surface area contributed by atoms with Gasteiger partial charge in [-0.05, 0) is 0 Å². The van der Waals surface area contributed by atoms with E-state index < -0.39 is 30.5 Å². The summed E-state index contributed by atoms with van der Waals surface area (Å²) in [4.78, 5) is 13.3. The third-order valence-corrected chi connectivity index (χ3v) is 1.94. The number of alkyl halides is 2. The van der Waals surface area contributed by atoms with Gasteiger partial charge in [-0.15, -0.1) is 0 Å². The topological polar surface area (TPSA) is 50.2 Å². The van der Waals surface area contributed by atoms with E-state index in [0.717, 1.165) is 0 Å². The van der Waals surface area contributed by atoms with Crippen LogP contribution in [0.4, 0.5) is 13.2 Å². The highest BCUT2D eigenvalue weighted by Crippen LogP contribution is 2.27. The zero-order chi connectivity index (χ0) is 11.6. The first-order valence-electron chi connectivity index (χ1n) is 3.76. The van der Waals surface area contributed by atoms with Gasteiger partial charge in [0.05, 0.1) is 11.4 Å². The Hall–Kier alpha value is -1.30. The van der Waals surface area contributed by atoms with Gasteiger partial charge in [0.25, 0.3) is 6.43 Å². The molecule has 7 heteroatoms. The van der Waals surface area contributed by atoms with Crippen LogP contribution in [-0.4, -0.2) is 16.1 Å². The molecule has 0 bridgehead atoms. The second-order valence-electron chi connectivity index (χ2n) is 2.66. The van der Waals surface area contributed by atoms with Crippen LogP contribution in [0.1, 0.15) is 17.7 Å². The van der Waals surface area contributed by atoms with Crippen LogP contribution in [0, 0.1) is 5.95 Å². The van der Waals surface area contributed by atoms with Gasteiger partial charge in [-0.1, -0.05) is 11.6 Å². The summed E-state index contributed by atoms with van der Waals surface area (Å²) in [6, 6.07) is 0.700. The second kappa shape index (κ2) is 4.48. The predicted molar refractivity (Wildman–Crippen MR) is 45.5 cm³/mol. The first-order chi connectivity index (χ1) is 6.91. The summed E-state index contributed by atoms with van der Waals surface area (Å²) in [5, 5.41) is 8.08. The van der Waals surface area contributed by atoms with E-state index in [0.29, 0.717) is 6.07 Å². The van der Waals surface area contributed by atoms with Gasteiger partial charge in [0, 0.05) is 11.6 Å². The molecule has 82 valence electrons. The summed E-state index contributed by atoms with van der Waals surface area (Å²) in [6.45, 7) is 0. The Balaban J connectivity index is 3.26. The van der Waals surface area contributed by atoms with E-state index >= 15 is 0 Å². The van der Waals surface area contributed by atoms with Gasteiger partial charge in [0.15, 0.2) is 0 Å². The normalized spacial score (nSPS) is 10.7. The average molecular weight is 240 g/mol. The van der Waals surface area contributed by atoms with Crippen molar-refractivity contribution in [3.63, 3.8) is 0 Å². The number of carbonyl (C=O) groups is 1. The van der Waals surface area contributed by atoms with E-state index in [1.165, 1.54) is 0 Å². The van der Waals surface area contributed by atoms with E-state index in [2.05, 4.69) is 4.98 Å². The molecule has 3 nitrogen and oxygen atoms in total. The number of aromatic nitrogens is 1. The standard InChI is InChI=1S/C8H5ClF3NO2/c9-4-2-5(10)13-7(8(11)12)3(4)1-6(14)15/h2,8H,1H2,(H,14,15). The molecule has 0 amide bonds. The Kier molecular flexibility index (Phi) is 3.52. The Morgan fingerprint density at radius 3 is 2.67 bits per heavy atom. The molecule has 15 heavy (non-hydrogen) atoms. The fourth-order valence-corrected chi connectivity index (χ4v) is 1.29. The van der Waals surface area contributed by atoms with Crippen LogP contribution < -0.4 is 0 Å². The number of pyridine rings is 1. The van der Waals surface area contributed by atoms with Crippen molar-refractivity contribution in [3.8, 4) is 0 Å². The molecule has 1 N–H and O–H groups in total. The molecule has 0 unspecified atom stereocenters. The molecule has 0 saturated heterocycles. The van der Waals surface area contributed by atoms with Crippen LogP contribution >= 0.6 is 11.6 Å². The molecule has 0 radical (unpaired) electrons. The van der Waals surface area contributed by atoms with Crippen molar-refractivity contribution in [1.82, 2.24) is 4.98 Å². The first-order valence-corrected chi connectivity index (χ1v) is 4.14. The molecule has 0 atom stereocenters. The zero-order valence-electron chi connectivity index (χ0n) is 7.18. The van der Waals surface area contributed by atoms with Crippen LogP contribution in [0.15, 0.2) is 6.07 Å². The van der Waals surface area contributed by atoms with Crippen LogP contribution in [0.2, 0.25) is 5.02 Å². The summed E-state index contributed by atoms with van der Waals surface area (Å²) < 4.78 is 37.3. The second-order valence-corrected chi connectivity index (χ2v) is 3.07. The van der Waals surface area contributed by atoms with Crippen LogP contribution in [0.3, 0.4) is 0 Å². The minimum absolute atomic E-state index is 0.361. The number of carboxylic acids is 1. The Morgan fingerprint density at radius 1 is 1.60 bits per heavy atom. The minimum Gasteiger partial charge on any atom is -0.481 e.